The Morgan fingerprint density at radius 2 is 2.20 bits per heavy atom. The molecule has 0 saturated heterocycles. The van der Waals surface area contributed by atoms with E-state index in [9.17, 15) is 4.79 Å². The number of aromatic nitrogens is 1. The second kappa shape index (κ2) is 3.95. The van der Waals surface area contributed by atoms with Crippen LogP contribution >= 0.6 is 11.8 Å². The molecule has 2 rings (SSSR count). The third-order valence-electron chi connectivity index (χ3n) is 2.14. The van der Waals surface area contributed by atoms with Crippen molar-refractivity contribution in [1.29, 1.82) is 0 Å². The number of halogens is 1. The average molecular weight is 224 g/mol. The Balaban J connectivity index is 2.53. The van der Waals surface area contributed by atoms with Crippen LogP contribution in [0.5, 0.6) is 0 Å². The average Bonchev–Trinajstić information content (AvgIpc) is 2.57. The molecule has 0 aliphatic heterocycles. The minimum absolute atomic E-state index is 0.344. The molecule has 0 radical (unpaired) electrons. The molecule has 0 spiro atoms. The summed E-state index contributed by atoms with van der Waals surface area (Å²) in [7, 11) is 0. The van der Waals surface area contributed by atoms with Gasteiger partial charge in [0.1, 0.15) is 5.69 Å². The van der Waals surface area contributed by atoms with Crippen LogP contribution in [0.2, 0.25) is 0 Å². The maximum Gasteiger partial charge on any atom is 0.356 e. The normalized spacial score (nSPS) is 10.5. The Hall–Kier alpha value is -1.48. The summed E-state index contributed by atoms with van der Waals surface area (Å²) in [6, 6.07) is 9.24. The zero-order chi connectivity index (χ0) is 10.8. The van der Waals surface area contributed by atoms with Crippen molar-refractivity contribution in [3.63, 3.8) is 0 Å². The summed E-state index contributed by atoms with van der Waals surface area (Å²) in [4.78, 5) is 11.5. The van der Waals surface area contributed by atoms with Crippen molar-refractivity contribution in [3.05, 3.63) is 36.0 Å². The fourth-order valence-electron chi connectivity index (χ4n) is 1.47. The number of rotatable bonds is 2. The largest absolute Gasteiger partial charge is 0.461 e. The van der Waals surface area contributed by atoms with Crippen LogP contribution in [-0.2, 0) is 4.74 Å². The summed E-state index contributed by atoms with van der Waals surface area (Å²) < 4.78 is 6.22. The van der Waals surface area contributed by atoms with Crippen LogP contribution in [-0.4, -0.2) is 16.7 Å². The summed E-state index contributed by atoms with van der Waals surface area (Å²) in [5.74, 6) is -0.399. The van der Waals surface area contributed by atoms with Crippen LogP contribution in [0.1, 0.15) is 17.4 Å². The van der Waals surface area contributed by atoms with Crippen molar-refractivity contribution in [2.24, 2.45) is 0 Å². The van der Waals surface area contributed by atoms with E-state index < -0.39 is 5.97 Å². The van der Waals surface area contributed by atoms with E-state index in [0.717, 1.165) is 10.9 Å². The number of carbonyl (C=O) groups excluding carboxylic acids is 1. The maximum absolute atomic E-state index is 11.5. The van der Waals surface area contributed by atoms with Crippen LogP contribution in [0, 0.1) is 0 Å². The molecule has 0 atom stereocenters. The highest BCUT2D eigenvalue weighted by atomic mass is 35.5. The van der Waals surface area contributed by atoms with Crippen LogP contribution in [0.4, 0.5) is 0 Å². The van der Waals surface area contributed by atoms with Gasteiger partial charge in [0.15, 0.2) is 0 Å². The molecule has 0 bridgehead atoms. The highest BCUT2D eigenvalue weighted by Gasteiger charge is 2.14. The van der Waals surface area contributed by atoms with Crippen LogP contribution in [0.15, 0.2) is 30.3 Å². The zero-order valence-electron chi connectivity index (χ0n) is 8.24. The number of hydrogen-bond donors (Lipinski definition) is 0. The molecule has 4 heteroatoms. The van der Waals surface area contributed by atoms with Crippen molar-refractivity contribution in [1.82, 2.24) is 4.09 Å². The van der Waals surface area contributed by atoms with Gasteiger partial charge >= 0.3 is 5.97 Å². The highest BCUT2D eigenvalue weighted by molar-refractivity contribution is 6.22. The molecule has 0 aliphatic carbocycles. The monoisotopic (exact) mass is 223 g/mol. The number of ether oxygens (including phenoxy) is 1. The molecule has 1 aromatic carbocycles. The summed E-state index contributed by atoms with van der Waals surface area (Å²) >= 11 is 6.00. The lowest BCUT2D eigenvalue weighted by atomic mass is 10.2. The second-order valence-corrected chi connectivity index (χ2v) is 3.43. The number of benzene rings is 1. The molecule has 78 valence electrons. The molecule has 0 saturated carbocycles. The van der Waals surface area contributed by atoms with Crippen molar-refractivity contribution in [2.75, 3.05) is 6.61 Å². The Kier molecular flexibility index (Phi) is 2.64. The molecular weight excluding hydrogens is 214 g/mol. The van der Waals surface area contributed by atoms with Gasteiger partial charge in [-0.3, -0.25) is 0 Å². The van der Waals surface area contributed by atoms with Gasteiger partial charge in [0.25, 0.3) is 0 Å². The van der Waals surface area contributed by atoms with Gasteiger partial charge < -0.3 is 4.74 Å². The molecular formula is C11H10ClNO2. The van der Waals surface area contributed by atoms with E-state index in [2.05, 4.69) is 0 Å². The summed E-state index contributed by atoms with van der Waals surface area (Å²) in [5.41, 5.74) is 1.17. The lowest BCUT2D eigenvalue weighted by Gasteiger charge is -2.00. The minimum atomic E-state index is -0.399. The third-order valence-corrected chi connectivity index (χ3v) is 2.50. The Bertz CT molecular complexity index is 504. The van der Waals surface area contributed by atoms with E-state index in [-0.39, 0.29) is 0 Å². The van der Waals surface area contributed by atoms with Gasteiger partial charge in [0.2, 0.25) is 0 Å². The minimum Gasteiger partial charge on any atom is -0.461 e. The zero-order valence-corrected chi connectivity index (χ0v) is 8.99. The van der Waals surface area contributed by atoms with E-state index in [1.54, 1.807) is 13.0 Å². The predicted octanol–water partition coefficient (Wildman–Crippen LogP) is 2.82. The molecule has 0 aliphatic rings. The summed E-state index contributed by atoms with van der Waals surface area (Å²) in [6.45, 7) is 2.11. The van der Waals surface area contributed by atoms with Crippen molar-refractivity contribution in [3.8, 4) is 0 Å². The van der Waals surface area contributed by atoms with Crippen LogP contribution in [0.3, 0.4) is 0 Å². The molecule has 0 fully saturated rings. The fraction of sp³-hybridized carbons (Fsp3) is 0.182. The topological polar surface area (TPSA) is 31.2 Å². The number of carbonyl (C=O) groups is 1. The number of hydrogen-bond acceptors (Lipinski definition) is 2. The Morgan fingerprint density at radius 1 is 1.47 bits per heavy atom. The maximum atomic E-state index is 11.5. The van der Waals surface area contributed by atoms with Gasteiger partial charge in [0.05, 0.1) is 12.1 Å². The number of nitrogens with zero attached hydrogens (tertiary/aromatic N) is 1. The quantitative estimate of drug-likeness (QED) is 0.733. The van der Waals surface area contributed by atoms with Gasteiger partial charge in [-0.25, -0.2) is 8.88 Å². The van der Waals surface area contributed by atoms with Crippen molar-refractivity contribution >= 4 is 28.6 Å². The number of para-hydroxylation sites is 1. The van der Waals surface area contributed by atoms with Crippen LogP contribution < -0.4 is 0 Å². The fourth-order valence-corrected chi connectivity index (χ4v) is 1.74. The van der Waals surface area contributed by atoms with Gasteiger partial charge in [-0.1, -0.05) is 18.2 Å². The van der Waals surface area contributed by atoms with Crippen LogP contribution in [0.25, 0.3) is 10.9 Å². The lowest BCUT2D eigenvalue weighted by molar-refractivity contribution is 0.0519. The summed E-state index contributed by atoms with van der Waals surface area (Å²) in [5, 5.41) is 0.926. The second-order valence-electron chi connectivity index (χ2n) is 3.09. The van der Waals surface area contributed by atoms with E-state index >= 15 is 0 Å². The van der Waals surface area contributed by atoms with E-state index in [1.165, 1.54) is 4.09 Å². The van der Waals surface area contributed by atoms with Gasteiger partial charge in [-0.15, -0.1) is 0 Å². The Morgan fingerprint density at radius 3 is 2.87 bits per heavy atom. The first-order valence-corrected chi connectivity index (χ1v) is 5.01. The van der Waals surface area contributed by atoms with E-state index in [4.69, 9.17) is 16.5 Å². The first-order chi connectivity index (χ1) is 7.24. The van der Waals surface area contributed by atoms with Crippen molar-refractivity contribution < 1.29 is 9.53 Å². The van der Waals surface area contributed by atoms with E-state index in [1.807, 2.05) is 24.3 Å². The molecule has 15 heavy (non-hydrogen) atoms. The summed E-state index contributed by atoms with van der Waals surface area (Å²) in [6.07, 6.45) is 0. The molecule has 0 N–H and O–H groups in total. The molecule has 1 aromatic heterocycles. The Labute approximate surface area is 92.3 Å². The number of esters is 1. The SMILES string of the molecule is CCOC(=O)c1cc2ccccc2n1Cl. The molecule has 3 nitrogen and oxygen atoms in total. The van der Waals surface area contributed by atoms with Gasteiger partial charge in [-0.2, -0.15) is 0 Å². The first-order valence-electron chi connectivity index (χ1n) is 4.67. The molecule has 0 unspecified atom stereocenters. The lowest BCUT2D eigenvalue weighted by Crippen LogP contribution is -2.07. The predicted molar refractivity (Wildman–Crippen MR) is 59.1 cm³/mol. The van der Waals surface area contributed by atoms with E-state index in [0.29, 0.717) is 12.3 Å². The molecule has 1 heterocycles. The standard InChI is InChI=1S/C11H10ClNO2/c1-2-15-11(14)10-7-8-5-3-4-6-9(8)13(10)12/h3-7H,2H2,1H3. The first kappa shape index (κ1) is 10.1. The van der Waals surface area contributed by atoms with Gasteiger partial charge in [-0.05, 0) is 19.1 Å². The highest BCUT2D eigenvalue weighted by Crippen LogP contribution is 2.21. The number of fused-ring (bicyclic) bond motifs is 1. The molecule has 2 aromatic rings. The smallest absolute Gasteiger partial charge is 0.356 e. The molecule has 0 amide bonds. The van der Waals surface area contributed by atoms with Crippen molar-refractivity contribution in [2.45, 2.75) is 6.92 Å². The third kappa shape index (κ3) is 1.70. The van der Waals surface area contributed by atoms with Gasteiger partial charge in [0, 0.05) is 17.2 Å².